The van der Waals surface area contributed by atoms with Gasteiger partial charge in [-0.25, -0.2) is 0 Å². The molecule has 2 aliphatic rings. The summed E-state index contributed by atoms with van der Waals surface area (Å²) in [5, 5.41) is 13.2. The van der Waals surface area contributed by atoms with Crippen LogP contribution in [0.15, 0.2) is 24.3 Å². The molecule has 1 aromatic rings. The molecule has 1 amide bonds. The van der Waals surface area contributed by atoms with Crippen LogP contribution in [0.25, 0.3) is 0 Å². The lowest BCUT2D eigenvalue weighted by Gasteiger charge is -2.26. The first-order valence-electron chi connectivity index (χ1n) is 7.97. The van der Waals surface area contributed by atoms with Crippen LogP contribution in [-0.4, -0.2) is 35.5 Å². The summed E-state index contributed by atoms with van der Waals surface area (Å²) in [6.45, 7) is 2.75. The van der Waals surface area contributed by atoms with Gasteiger partial charge in [0.1, 0.15) is 0 Å². The normalized spacial score (nSPS) is 23.0. The maximum Gasteiger partial charge on any atom is 0.234 e. The van der Waals surface area contributed by atoms with Gasteiger partial charge in [-0.2, -0.15) is 0 Å². The Bertz CT molecular complexity index is 499. The fourth-order valence-corrected chi connectivity index (χ4v) is 3.13. The van der Waals surface area contributed by atoms with Crippen molar-refractivity contribution in [2.45, 2.75) is 38.3 Å². The number of nitrogens with zero attached hydrogens (tertiary/aromatic N) is 1. The topological polar surface area (TPSA) is 52.6 Å². The molecule has 114 valence electrons. The molecule has 1 aliphatic heterocycles. The van der Waals surface area contributed by atoms with Gasteiger partial charge in [-0.3, -0.25) is 9.69 Å². The van der Waals surface area contributed by atoms with Crippen molar-refractivity contribution in [3.8, 4) is 0 Å². The highest BCUT2D eigenvalue weighted by Crippen LogP contribution is 2.26. The number of carbonyl (C=O) groups is 1. The highest BCUT2D eigenvalue weighted by atomic mass is 16.3. The average Bonchev–Trinajstić information content (AvgIpc) is 2.57. The zero-order valence-electron chi connectivity index (χ0n) is 12.4. The van der Waals surface area contributed by atoms with Gasteiger partial charge in [-0.15, -0.1) is 0 Å². The summed E-state index contributed by atoms with van der Waals surface area (Å²) in [5.41, 5.74) is 2.14. The van der Waals surface area contributed by atoms with Crippen LogP contribution in [0.4, 0.5) is 0 Å². The summed E-state index contributed by atoms with van der Waals surface area (Å²) in [7, 11) is 0. The maximum absolute atomic E-state index is 12.0. The first kappa shape index (κ1) is 14.5. The van der Waals surface area contributed by atoms with E-state index in [1.807, 2.05) is 24.3 Å². The van der Waals surface area contributed by atoms with Crippen molar-refractivity contribution in [1.82, 2.24) is 10.2 Å². The van der Waals surface area contributed by atoms with E-state index in [1.165, 1.54) is 19.3 Å². The predicted molar refractivity (Wildman–Crippen MR) is 81.6 cm³/mol. The summed E-state index contributed by atoms with van der Waals surface area (Å²) < 4.78 is 0. The first-order valence-corrected chi connectivity index (χ1v) is 7.97. The predicted octanol–water partition coefficient (Wildman–Crippen LogP) is 1.84. The van der Waals surface area contributed by atoms with Gasteiger partial charge >= 0.3 is 0 Å². The Morgan fingerprint density at radius 2 is 2.10 bits per heavy atom. The number of hydrogen-bond acceptors (Lipinski definition) is 3. The van der Waals surface area contributed by atoms with Crippen LogP contribution in [0.1, 0.15) is 42.9 Å². The molecular formula is C17H24N2O2. The van der Waals surface area contributed by atoms with E-state index in [4.69, 9.17) is 0 Å². The van der Waals surface area contributed by atoms with Gasteiger partial charge in [0.05, 0.1) is 12.6 Å². The van der Waals surface area contributed by atoms with Crippen LogP contribution in [0.5, 0.6) is 0 Å². The van der Waals surface area contributed by atoms with Gasteiger partial charge in [0, 0.05) is 19.6 Å². The number of fused-ring (bicyclic) bond motifs is 1. The lowest BCUT2D eigenvalue weighted by molar-refractivity contribution is -0.122. The minimum atomic E-state index is -0.413. The van der Waals surface area contributed by atoms with Gasteiger partial charge < -0.3 is 10.4 Å². The van der Waals surface area contributed by atoms with Crippen molar-refractivity contribution in [3.63, 3.8) is 0 Å². The third kappa shape index (κ3) is 3.63. The molecule has 1 saturated carbocycles. The second-order valence-electron chi connectivity index (χ2n) is 6.31. The van der Waals surface area contributed by atoms with Gasteiger partial charge in [-0.1, -0.05) is 30.7 Å². The molecule has 21 heavy (non-hydrogen) atoms. The van der Waals surface area contributed by atoms with Crippen LogP contribution in [-0.2, 0) is 11.3 Å². The van der Waals surface area contributed by atoms with E-state index in [0.29, 0.717) is 18.9 Å². The first-order chi connectivity index (χ1) is 10.2. The maximum atomic E-state index is 12.0. The molecule has 0 spiro atoms. The minimum absolute atomic E-state index is 0.107. The molecule has 0 unspecified atom stereocenters. The molecule has 0 bridgehead atoms. The van der Waals surface area contributed by atoms with Crippen molar-refractivity contribution in [2.24, 2.45) is 5.92 Å². The van der Waals surface area contributed by atoms with E-state index >= 15 is 0 Å². The molecule has 4 heteroatoms. The van der Waals surface area contributed by atoms with E-state index in [9.17, 15) is 9.90 Å². The lowest BCUT2D eigenvalue weighted by atomic mass is 9.85. The molecule has 3 rings (SSSR count). The van der Waals surface area contributed by atoms with Crippen LogP contribution >= 0.6 is 0 Å². The molecule has 2 N–H and O–H groups in total. The standard InChI is InChI=1S/C17H24N2O2/c20-16-8-9-19(11-14-6-1-2-7-15(14)16)12-17(21)18-10-13-4-3-5-13/h1-2,6-7,13,16,20H,3-5,8-12H2,(H,18,21)/t16-/m0/s1. The molecule has 1 aromatic carbocycles. The Morgan fingerprint density at radius 1 is 1.29 bits per heavy atom. The Hall–Kier alpha value is -1.39. The van der Waals surface area contributed by atoms with Gasteiger partial charge in [0.25, 0.3) is 0 Å². The highest BCUT2D eigenvalue weighted by Gasteiger charge is 2.22. The zero-order valence-corrected chi connectivity index (χ0v) is 12.4. The van der Waals surface area contributed by atoms with E-state index in [1.54, 1.807) is 0 Å². The van der Waals surface area contributed by atoms with Crippen LogP contribution < -0.4 is 5.32 Å². The third-order valence-corrected chi connectivity index (χ3v) is 4.71. The fourth-order valence-electron chi connectivity index (χ4n) is 3.13. The number of hydrogen-bond donors (Lipinski definition) is 2. The number of aliphatic hydroxyl groups is 1. The molecule has 0 radical (unpaired) electrons. The molecule has 1 atom stereocenters. The monoisotopic (exact) mass is 288 g/mol. The summed E-state index contributed by atoms with van der Waals surface area (Å²) >= 11 is 0. The smallest absolute Gasteiger partial charge is 0.234 e. The largest absolute Gasteiger partial charge is 0.388 e. The number of carbonyl (C=O) groups excluding carboxylic acids is 1. The summed E-state index contributed by atoms with van der Waals surface area (Å²) in [4.78, 5) is 14.2. The molecule has 1 fully saturated rings. The summed E-state index contributed by atoms with van der Waals surface area (Å²) in [6.07, 6.45) is 4.09. The SMILES string of the molecule is O=C(CN1CC[C@H](O)c2ccccc2C1)NCC1CCC1. The summed E-state index contributed by atoms with van der Waals surface area (Å²) in [5.74, 6) is 0.802. The lowest BCUT2D eigenvalue weighted by Crippen LogP contribution is -2.40. The van der Waals surface area contributed by atoms with Gasteiger partial charge in [0.15, 0.2) is 0 Å². The zero-order chi connectivity index (χ0) is 14.7. The number of nitrogens with one attached hydrogen (secondary N) is 1. The molecule has 1 heterocycles. The average molecular weight is 288 g/mol. The Kier molecular flexibility index (Phi) is 4.56. The quantitative estimate of drug-likeness (QED) is 0.889. The molecular weight excluding hydrogens is 264 g/mol. The second kappa shape index (κ2) is 6.58. The molecule has 1 aliphatic carbocycles. The van der Waals surface area contributed by atoms with Crippen molar-refractivity contribution in [2.75, 3.05) is 19.6 Å². The minimum Gasteiger partial charge on any atom is -0.388 e. The van der Waals surface area contributed by atoms with Crippen molar-refractivity contribution >= 4 is 5.91 Å². The van der Waals surface area contributed by atoms with Gasteiger partial charge in [-0.05, 0) is 36.3 Å². The number of aliphatic hydroxyl groups excluding tert-OH is 1. The van der Waals surface area contributed by atoms with E-state index in [-0.39, 0.29) is 5.91 Å². The second-order valence-corrected chi connectivity index (χ2v) is 6.31. The molecule has 0 aromatic heterocycles. The van der Waals surface area contributed by atoms with Crippen LogP contribution in [0.3, 0.4) is 0 Å². The Balaban J connectivity index is 1.55. The number of amides is 1. The fraction of sp³-hybridized carbons (Fsp3) is 0.588. The van der Waals surface area contributed by atoms with Gasteiger partial charge in [0.2, 0.25) is 5.91 Å². The van der Waals surface area contributed by atoms with E-state index in [2.05, 4.69) is 10.2 Å². The van der Waals surface area contributed by atoms with Crippen molar-refractivity contribution in [1.29, 1.82) is 0 Å². The van der Waals surface area contributed by atoms with Crippen LogP contribution in [0, 0.1) is 5.92 Å². The number of rotatable bonds is 4. The third-order valence-electron chi connectivity index (χ3n) is 4.71. The highest BCUT2D eigenvalue weighted by molar-refractivity contribution is 5.78. The van der Waals surface area contributed by atoms with Crippen molar-refractivity contribution < 1.29 is 9.90 Å². The summed E-state index contributed by atoms with van der Waals surface area (Å²) in [6, 6.07) is 7.98. The Labute approximate surface area is 126 Å². The van der Waals surface area contributed by atoms with Crippen molar-refractivity contribution in [3.05, 3.63) is 35.4 Å². The van der Waals surface area contributed by atoms with E-state index in [0.717, 1.165) is 30.8 Å². The number of benzene rings is 1. The Morgan fingerprint density at radius 3 is 2.86 bits per heavy atom. The molecule has 0 saturated heterocycles. The van der Waals surface area contributed by atoms with Crippen LogP contribution in [0.2, 0.25) is 0 Å². The molecule has 4 nitrogen and oxygen atoms in total. The van der Waals surface area contributed by atoms with E-state index < -0.39 is 6.10 Å².